The molecule has 1 amide bonds. The van der Waals surface area contributed by atoms with Crippen LogP contribution in [-0.4, -0.2) is 14.3 Å². The van der Waals surface area contributed by atoms with Gasteiger partial charge in [0.05, 0.1) is 16.8 Å². The van der Waals surface area contributed by atoms with Crippen molar-refractivity contribution in [1.82, 2.24) is 5.32 Å². The molecule has 0 fully saturated rings. The Morgan fingerprint density at radius 1 is 1.03 bits per heavy atom. The van der Waals surface area contributed by atoms with Crippen molar-refractivity contribution < 1.29 is 17.6 Å². The number of nitrogens with one attached hydrogen (secondary N) is 2. The molecule has 0 unspecified atom stereocenters. The number of halogens is 2. The number of benzene rings is 3. The largest absolute Gasteiger partial charge is 0.346 e. The topological polar surface area (TPSA) is 75.3 Å². The third-order valence-electron chi connectivity index (χ3n) is 4.59. The number of hydrogen-bond acceptors (Lipinski definition) is 3. The highest BCUT2D eigenvalue weighted by Gasteiger charge is 2.21. The Morgan fingerprint density at radius 2 is 1.70 bits per heavy atom. The van der Waals surface area contributed by atoms with Crippen LogP contribution in [0.4, 0.5) is 10.1 Å². The maximum Gasteiger partial charge on any atom is 0.263 e. The quantitative estimate of drug-likeness (QED) is 0.554. The van der Waals surface area contributed by atoms with Crippen molar-refractivity contribution in [2.24, 2.45) is 0 Å². The van der Waals surface area contributed by atoms with Gasteiger partial charge in [-0.3, -0.25) is 9.52 Å². The van der Waals surface area contributed by atoms with Crippen LogP contribution in [0.5, 0.6) is 0 Å². The van der Waals surface area contributed by atoms with Gasteiger partial charge in [-0.2, -0.15) is 0 Å². The lowest BCUT2D eigenvalue weighted by Crippen LogP contribution is -2.27. The number of anilines is 1. The Bertz CT molecular complexity index is 1180. The molecular formula is C22H20ClFN2O3S. The average Bonchev–Trinajstić information content (AvgIpc) is 2.70. The molecule has 0 spiro atoms. The molecule has 0 radical (unpaired) electrons. The molecule has 0 aliphatic carbocycles. The first-order valence-electron chi connectivity index (χ1n) is 9.12. The van der Waals surface area contributed by atoms with Gasteiger partial charge >= 0.3 is 0 Å². The van der Waals surface area contributed by atoms with E-state index in [0.717, 1.165) is 5.56 Å². The first-order chi connectivity index (χ1) is 14.2. The van der Waals surface area contributed by atoms with E-state index in [2.05, 4.69) is 10.0 Å². The summed E-state index contributed by atoms with van der Waals surface area (Å²) in [5.74, 6) is -0.846. The van der Waals surface area contributed by atoms with E-state index in [1.54, 1.807) is 50.2 Å². The van der Waals surface area contributed by atoms with Gasteiger partial charge in [0.25, 0.3) is 15.9 Å². The summed E-state index contributed by atoms with van der Waals surface area (Å²) in [5, 5.41) is 2.77. The van der Waals surface area contributed by atoms with E-state index >= 15 is 0 Å². The molecule has 0 bridgehead atoms. The zero-order chi connectivity index (χ0) is 21.9. The van der Waals surface area contributed by atoms with E-state index in [1.165, 1.54) is 30.3 Å². The van der Waals surface area contributed by atoms with Crippen molar-refractivity contribution in [1.29, 1.82) is 0 Å². The van der Waals surface area contributed by atoms with Gasteiger partial charge in [-0.25, -0.2) is 12.8 Å². The second-order valence-corrected chi connectivity index (χ2v) is 8.87. The van der Waals surface area contributed by atoms with E-state index in [-0.39, 0.29) is 21.3 Å². The van der Waals surface area contributed by atoms with Gasteiger partial charge in [0.2, 0.25) is 0 Å². The number of carbonyl (C=O) groups excluding carboxylic acids is 1. The fraction of sp³-hybridized carbons (Fsp3) is 0.136. The fourth-order valence-electron chi connectivity index (χ4n) is 2.85. The SMILES string of the molecule is Cc1ccccc1NS(=O)(=O)c1cc(C(=O)N[C@@H](C)c2ccc(F)cc2)ccc1Cl. The molecule has 3 aromatic rings. The number of amides is 1. The van der Waals surface area contributed by atoms with Gasteiger partial charge in [0.15, 0.2) is 0 Å². The zero-order valence-corrected chi connectivity index (χ0v) is 17.9. The van der Waals surface area contributed by atoms with E-state index < -0.39 is 22.0 Å². The van der Waals surface area contributed by atoms with Gasteiger partial charge in [-0.15, -0.1) is 0 Å². The van der Waals surface area contributed by atoms with Crippen molar-refractivity contribution in [2.45, 2.75) is 24.8 Å². The molecule has 2 N–H and O–H groups in total. The summed E-state index contributed by atoms with van der Waals surface area (Å²) in [6.07, 6.45) is 0. The zero-order valence-electron chi connectivity index (χ0n) is 16.3. The van der Waals surface area contributed by atoms with Gasteiger partial charge in [-0.1, -0.05) is 41.9 Å². The maximum atomic E-state index is 13.1. The second-order valence-electron chi connectivity index (χ2n) is 6.81. The highest BCUT2D eigenvalue weighted by Crippen LogP contribution is 2.26. The number of hydrogen-bond donors (Lipinski definition) is 2. The molecule has 0 heterocycles. The summed E-state index contributed by atoms with van der Waals surface area (Å²) in [5.41, 5.74) is 2.03. The standard InChI is InChI=1S/C22H20ClFN2O3S/c1-14-5-3-4-6-20(14)26-30(28,29)21-13-17(9-12-19(21)23)22(27)25-15(2)16-7-10-18(24)11-8-16/h3-13,15,26H,1-2H3,(H,25,27)/t15-/m0/s1. The van der Waals surface area contributed by atoms with E-state index in [4.69, 9.17) is 11.6 Å². The lowest BCUT2D eigenvalue weighted by molar-refractivity contribution is 0.0939. The first-order valence-corrected chi connectivity index (χ1v) is 11.0. The third-order valence-corrected chi connectivity index (χ3v) is 6.44. The van der Waals surface area contributed by atoms with Gasteiger partial charge in [0.1, 0.15) is 10.7 Å². The van der Waals surface area contributed by atoms with E-state index in [1.807, 2.05) is 0 Å². The molecule has 156 valence electrons. The van der Waals surface area contributed by atoms with Crippen molar-refractivity contribution >= 4 is 33.2 Å². The van der Waals surface area contributed by atoms with Crippen LogP contribution in [0.25, 0.3) is 0 Å². The second kappa shape index (κ2) is 8.85. The molecule has 3 aromatic carbocycles. The van der Waals surface area contributed by atoms with Crippen LogP contribution in [-0.2, 0) is 10.0 Å². The van der Waals surface area contributed by atoms with Crippen LogP contribution in [0.2, 0.25) is 5.02 Å². The van der Waals surface area contributed by atoms with Crippen LogP contribution >= 0.6 is 11.6 Å². The molecule has 1 atom stereocenters. The van der Waals surface area contributed by atoms with Crippen LogP contribution in [0, 0.1) is 12.7 Å². The third kappa shape index (κ3) is 4.98. The summed E-state index contributed by atoms with van der Waals surface area (Å²) in [4.78, 5) is 12.5. The van der Waals surface area contributed by atoms with Crippen molar-refractivity contribution in [3.8, 4) is 0 Å². The number of sulfonamides is 1. The highest BCUT2D eigenvalue weighted by molar-refractivity contribution is 7.92. The average molecular weight is 447 g/mol. The Labute approximate surface area is 179 Å². The lowest BCUT2D eigenvalue weighted by atomic mass is 10.1. The van der Waals surface area contributed by atoms with Crippen LogP contribution in [0.3, 0.4) is 0 Å². The normalized spacial score (nSPS) is 12.3. The minimum Gasteiger partial charge on any atom is -0.346 e. The van der Waals surface area contributed by atoms with E-state index in [0.29, 0.717) is 11.3 Å². The van der Waals surface area contributed by atoms with Crippen molar-refractivity contribution in [3.05, 3.63) is 94.3 Å². The summed E-state index contributed by atoms with van der Waals surface area (Å²) in [6, 6.07) is 16.3. The Balaban J connectivity index is 1.84. The molecule has 0 aliphatic heterocycles. The summed E-state index contributed by atoms with van der Waals surface area (Å²) < 4.78 is 41.3. The summed E-state index contributed by atoms with van der Waals surface area (Å²) in [6.45, 7) is 3.53. The molecule has 3 rings (SSSR count). The van der Waals surface area contributed by atoms with Crippen LogP contribution in [0.1, 0.15) is 34.5 Å². The van der Waals surface area contributed by atoms with Crippen molar-refractivity contribution in [3.63, 3.8) is 0 Å². The number of aryl methyl sites for hydroxylation is 1. The number of carbonyl (C=O) groups is 1. The highest BCUT2D eigenvalue weighted by atomic mass is 35.5. The minimum atomic E-state index is -4.01. The molecule has 8 heteroatoms. The van der Waals surface area contributed by atoms with Crippen LogP contribution in [0.15, 0.2) is 71.6 Å². The number of rotatable bonds is 6. The van der Waals surface area contributed by atoms with Crippen molar-refractivity contribution in [2.75, 3.05) is 4.72 Å². The van der Waals surface area contributed by atoms with Gasteiger partial charge < -0.3 is 5.32 Å². The molecule has 0 aliphatic rings. The molecule has 0 aromatic heterocycles. The van der Waals surface area contributed by atoms with E-state index in [9.17, 15) is 17.6 Å². The smallest absolute Gasteiger partial charge is 0.263 e. The number of para-hydroxylation sites is 1. The molecule has 5 nitrogen and oxygen atoms in total. The first kappa shape index (κ1) is 21.8. The Kier molecular flexibility index (Phi) is 6.43. The molecule has 30 heavy (non-hydrogen) atoms. The summed E-state index contributed by atoms with van der Waals surface area (Å²) in [7, 11) is -4.01. The van der Waals surface area contributed by atoms with Gasteiger partial charge in [0, 0.05) is 5.56 Å². The van der Waals surface area contributed by atoms with Crippen LogP contribution < -0.4 is 10.0 Å². The molecular weight excluding hydrogens is 427 g/mol. The maximum absolute atomic E-state index is 13.1. The predicted octanol–water partition coefficient (Wildman–Crippen LogP) is 5.08. The predicted molar refractivity (Wildman–Crippen MR) is 116 cm³/mol. The summed E-state index contributed by atoms with van der Waals surface area (Å²) >= 11 is 6.12. The van der Waals surface area contributed by atoms with Gasteiger partial charge in [-0.05, 0) is 61.4 Å². The Hall–Kier alpha value is -2.90. The minimum absolute atomic E-state index is 0.000725. The monoisotopic (exact) mass is 446 g/mol. The Morgan fingerprint density at radius 3 is 2.37 bits per heavy atom. The molecule has 0 saturated carbocycles. The lowest BCUT2D eigenvalue weighted by Gasteiger charge is -2.16. The molecule has 0 saturated heterocycles. The fourth-order valence-corrected chi connectivity index (χ4v) is 4.51.